The molecule has 1 fully saturated rings. The molecule has 2 atom stereocenters. The Bertz CT molecular complexity index is 515. The first kappa shape index (κ1) is 14.0. The molecule has 0 saturated carbocycles. The number of nitrogens with one attached hydrogen (secondary N) is 2. The molecule has 6 nitrogen and oxygen atoms in total. The first-order chi connectivity index (χ1) is 9.56. The summed E-state index contributed by atoms with van der Waals surface area (Å²) in [6.07, 6.45) is 0.499. The van der Waals surface area contributed by atoms with E-state index in [0.29, 0.717) is 12.8 Å². The molecule has 2 amide bonds. The third-order valence-corrected chi connectivity index (χ3v) is 3.21. The second-order valence-electron chi connectivity index (χ2n) is 4.75. The highest BCUT2D eigenvalue weighted by atomic mass is 16.4. The number of carboxylic acid groups (broad SMARTS) is 1. The molecule has 1 heterocycles. The van der Waals surface area contributed by atoms with Gasteiger partial charge in [0, 0.05) is 6.42 Å². The molecule has 6 heteroatoms. The fourth-order valence-corrected chi connectivity index (χ4v) is 2.14. The van der Waals surface area contributed by atoms with Gasteiger partial charge in [-0.1, -0.05) is 30.3 Å². The SMILES string of the molecule is O=C1CC[C@H](NC(=O)[C@H](Cc2ccccc2)C(=O)O)N1. The Kier molecular flexibility index (Phi) is 4.34. The van der Waals surface area contributed by atoms with Crippen LogP contribution in [0.2, 0.25) is 0 Å². The van der Waals surface area contributed by atoms with Crippen LogP contribution in [-0.4, -0.2) is 29.1 Å². The average Bonchev–Trinajstić information content (AvgIpc) is 2.82. The van der Waals surface area contributed by atoms with Gasteiger partial charge in [0.05, 0.1) is 0 Å². The highest BCUT2D eigenvalue weighted by Gasteiger charge is 2.30. The van der Waals surface area contributed by atoms with Crippen molar-refractivity contribution >= 4 is 17.8 Å². The van der Waals surface area contributed by atoms with E-state index in [1.54, 1.807) is 24.3 Å². The van der Waals surface area contributed by atoms with Crippen molar-refractivity contribution < 1.29 is 19.5 Å². The van der Waals surface area contributed by atoms with Crippen molar-refractivity contribution in [3.63, 3.8) is 0 Å². The van der Waals surface area contributed by atoms with Crippen molar-refractivity contribution in [3.8, 4) is 0 Å². The maximum Gasteiger partial charge on any atom is 0.316 e. The molecule has 3 N–H and O–H groups in total. The summed E-state index contributed by atoms with van der Waals surface area (Å²) in [4.78, 5) is 34.3. The van der Waals surface area contributed by atoms with Crippen molar-refractivity contribution in [2.24, 2.45) is 5.92 Å². The lowest BCUT2D eigenvalue weighted by Gasteiger charge is -2.17. The second kappa shape index (κ2) is 6.18. The van der Waals surface area contributed by atoms with E-state index in [2.05, 4.69) is 10.6 Å². The molecule has 1 aliphatic heterocycles. The van der Waals surface area contributed by atoms with Gasteiger partial charge in [-0.15, -0.1) is 0 Å². The highest BCUT2D eigenvalue weighted by molar-refractivity contribution is 5.97. The van der Waals surface area contributed by atoms with E-state index in [1.165, 1.54) is 0 Å². The molecule has 0 unspecified atom stereocenters. The Balaban J connectivity index is 1.99. The lowest BCUT2D eigenvalue weighted by atomic mass is 9.98. The number of benzene rings is 1. The molecule has 1 aromatic carbocycles. The van der Waals surface area contributed by atoms with Gasteiger partial charge in [-0.05, 0) is 18.4 Å². The van der Waals surface area contributed by atoms with Crippen LogP contribution in [0.15, 0.2) is 30.3 Å². The topological polar surface area (TPSA) is 95.5 Å². The lowest BCUT2D eigenvalue weighted by molar-refractivity contribution is -0.147. The van der Waals surface area contributed by atoms with Crippen LogP contribution in [0.1, 0.15) is 18.4 Å². The third kappa shape index (κ3) is 3.57. The monoisotopic (exact) mass is 276 g/mol. The quantitative estimate of drug-likeness (QED) is 0.673. The molecule has 20 heavy (non-hydrogen) atoms. The zero-order valence-electron chi connectivity index (χ0n) is 10.8. The first-order valence-corrected chi connectivity index (χ1v) is 6.42. The van der Waals surface area contributed by atoms with E-state index in [1.807, 2.05) is 6.07 Å². The minimum Gasteiger partial charge on any atom is -0.481 e. The molecule has 1 aromatic rings. The minimum absolute atomic E-state index is 0.128. The zero-order valence-corrected chi connectivity index (χ0v) is 10.8. The summed E-state index contributed by atoms with van der Waals surface area (Å²) in [6, 6.07) is 8.97. The van der Waals surface area contributed by atoms with Gasteiger partial charge in [0.25, 0.3) is 0 Å². The van der Waals surface area contributed by atoms with E-state index in [0.717, 1.165) is 5.56 Å². The number of carbonyl (C=O) groups excluding carboxylic acids is 2. The molecular weight excluding hydrogens is 260 g/mol. The van der Waals surface area contributed by atoms with Crippen molar-refractivity contribution in [3.05, 3.63) is 35.9 Å². The first-order valence-electron chi connectivity index (χ1n) is 6.42. The van der Waals surface area contributed by atoms with Gasteiger partial charge >= 0.3 is 5.97 Å². The summed E-state index contributed by atoms with van der Waals surface area (Å²) < 4.78 is 0. The highest BCUT2D eigenvalue weighted by Crippen LogP contribution is 2.11. The Morgan fingerprint density at radius 1 is 1.35 bits per heavy atom. The van der Waals surface area contributed by atoms with Gasteiger partial charge < -0.3 is 15.7 Å². The fourth-order valence-electron chi connectivity index (χ4n) is 2.14. The maximum atomic E-state index is 12.0. The predicted molar refractivity (Wildman–Crippen MR) is 70.6 cm³/mol. The van der Waals surface area contributed by atoms with Crippen molar-refractivity contribution in [2.75, 3.05) is 0 Å². The fraction of sp³-hybridized carbons (Fsp3) is 0.357. The summed E-state index contributed by atoms with van der Waals surface area (Å²) in [7, 11) is 0. The van der Waals surface area contributed by atoms with E-state index >= 15 is 0 Å². The zero-order chi connectivity index (χ0) is 14.5. The Morgan fingerprint density at radius 3 is 2.60 bits per heavy atom. The van der Waals surface area contributed by atoms with Gasteiger partial charge in [-0.25, -0.2) is 0 Å². The molecule has 0 spiro atoms. The number of rotatable bonds is 5. The molecule has 106 valence electrons. The van der Waals surface area contributed by atoms with Gasteiger partial charge in [-0.3, -0.25) is 14.4 Å². The van der Waals surface area contributed by atoms with Crippen LogP contribution >= 0.6 is 0 Å². The molecule has 0 bridgehead atoms. The van der Waals surface area contributed by atoms with Crippen molar-refractivity contribution in [2.45, 2.75) is 25.4 Å². The van der Waals surface area contributed by atoms with Crippen LogP contribution < -0.4 is 10.6 Å². The molecule has 2 rings (SSSR count). The molecular formula is C14H16N2O4. The molecule has 0 radical (unpaired) electrons. The summed E-state index contributed by atoms with van der Waals surface area (Å²) in [5.41, 5.74) is 0.783. The summed E-state index contributed by atoms with van der Waals surface area (Å²) >= 11 is 0. The maximum absolute atomic E-state index is 12.0. The number of amides is 2. The number of hydrogen-bond donors (Lipinski definition) is 3. The number of carbonyl (C=O) groups is 3. The third-order valence-electron chi connectivity index (χ3n) is 3.21. The van der Waals surface area contributed by atoms with Crippen LogP contribution in [-0.2, 0) is 20.8 Å². The van der Waals surface area contributed by atoms with E-state index in [9.17, 15) is 19.5 Å². The van der Waals surface area contributed by atoms with Gasteiger partial charge in [0.2, 0.25) is 11.8 Å². The van der Waals surface area contributed by atoms with Crippen LogP contribution in [0.3, 0.4) is 0 Å². The molecule has 1 saturated heterocycles. The second-order valence-corrected chi connectivity index (χ2v) is 4.75. The van der Waals surface area contributed by atoms with Gasteiger partial charge in [0.1, 0.15) is 12.1 Å². The summed E-state index contributed by atoms with van der Waals surface area (Å²) in [5, 5.41) is 14.3. The molecule has 0 aromatic heterocycles. The predicted octanol–water partition coefficient (Wildman–Crippen LogP) is 0.282. The standard InChI is InChI=1S/C14H16N2O4/c17-12-7-6-11(15-12)16-13(18)10(14(19)20)8-9-4-2-1-3-5-9/h1-5,10-11H,6-8H2,(H,15,17)(H,16,18)(H,19,20)/t10-,11-/m0/s1. The van der Waals surface area contributed by atoms with Crippen LogP contribution in [0, 0.1) is 5.92 Å². The Hall–Kier alpha value is -2.37. The Morgan fingerprint density at radius 2 is 2.05 bits per heavy atom. The number of aliphatic carboxylic acids is 1. The van der Waals surface area contributed by atoms with Crippen LogP contribution in [0.4, 0.5) is 0 Å². The largest absolute Gasteiger partial charge is 0.481 e. The van der Waals surface area contributed by atoms with E-state index < -0.39 is 24.0 Å². The number of hydrogen-bond acceptors (Lipinski definition) is 3. The smallest absolute Gasteiger partial charge is 0.316 e. The van der Waals surface area contributed by atoms with E-state index in [-0.39, 0.29) is 12.3 Å². The van der Waals surface area contributed by atoms with Crippen molar-refractivity contribution in [1.82, 2.24) is 10.6 Å². The molecule has 0 aliphatic carbocycles. The van der Waals surface area contributed by atoms with Crippen LogP contribution in [0.5, 0.6) is 0 Å². The average molecular weight is 276 g/mol. The summed E-state index contributed by atoms with van der Waals surface area (Å²) in [6.45, 7) is 0. The summed E-state index contributed by atoms with van der Waals surface area (Å²) in [5.74, 6) is -3.04. The Labute approximate surface area is 116 Å². The lowest BCUT2D eigenvalue weighted by Crippen LogP contribution is -2.47. The van der Waals surface area contributed by atoms with Crippen LogP contribution in [0.25, 0.3) is 0 Å². The van der Waals surface area contributed by atoms with Crippen molar-refractivity contribution in [1.29, 1.82) is 0 Å². The normalized spacial score (nSPS) is 19.2. The van der Waals surface area contributed by atoms with E-state index in [4.69, 9.17) is 0 Å². The minimum atomic E-state index is -1.17. The van der Waals surface area contributed by atoms with Gasteiger partial charge in [0.15, 0.2) is 0 Å². The number of carboxylic acids is 1. The molecule has 1 aliphatic rings. The van der Waals surface area contributed by atoms with Gasteiger partial charge in [-0.2, -0.15) is 0 Å².